The van der Waals surface area contributed by atoms with Gasteiger partial charge < -0.3 is 17.2 Å². The molecule has 0 spiro atoms. The molecule has 0 amide bonds. The normalized spacial score (nSPS) is 14.3. The molecule has 56 valence electrons. The summed E-state index contributed by atoms with van der Waals surface area (Å²) in [4.78, 5) is 0. The van der Waals surface area contributed by atoms with Crippen LogP contribution in [0.15, 0.2) is 0 Å². The fourth-order valence-corrected chi connectivity index (χ4v) is 0.838. The van der Waals surface area contributed by atoms with Crippen LogP contribution in [0.1, 0.15) is 26.2 Å². The smallest absolute Gasteiger partial charge is 0.0535 e. The predicted octanol–water partition coefficient (Wildman–Crippen LogP) is -0.253. The van der Waals surface area contributed by atoms with Crippen molar-refractivity contribution in [1.82, 2.24) is 0 Å². The highest BCUT2D eigenvalue weighted by molar-refractivity contribution is 4.64. The minimum absolute atomic E-state index is 0.190. The molecule has 3 heteroatoms. The van der Waals surface area contributed by atoms with E-state index >= 15 is 0 Å². The van der Waals surface area contributed by atoms with Gasteiger partial charge in [-0.05, 0) is 12.8 Å². The van der Waals surface area contributed by atoms with E-state index in [1.165, 1.54) is 0 Å². The Morgan fingerprint density at radius 1 is 1.22 bits per heavy atom. The number of rotatable bonds is 4. The van der Waals surface area contributed by atoms with Crippen LogP contribution in [0.4, 0.5) is 0 Å². The van der Waals surface area contributed by atoms with Crippen molar-refractivity contribution >= 4 is 0 Å². The summed E-state index contributed by atoms with van der Waals surface area (Å²) < 4.78 is 0. The fraction of sp³-hybridized carbons (Fsp3) is 1.00. The third-order valence-electron chi connectivity index (χ3n) is 1.23. The lowest BCUT2D eigenvalue weighted by atomic mass is 10.1. The molecule has 9 heavy (non-hydrogen) atoms. The molecule has 0 saturated carbocycles. The summed E-state index contributed by atoms with van der Waals surface area (Å²) in [7, 11) is 0. The predicted molar refractivity (Wildman–Crippen MR) is 39.7 cm³/mol. The van der Waals surface area contributed by atoms with Crippen LogP contribution in [0.25, 0.3) is 0 Å². The molecule has 0 rings (SSSR count). The van der Waals surface area contributed by atoms with Crippen molar-refractivity contribution in [2.24, 2.45) is 17.2 Å². The second kappa shape index (κ2) is 4.73. The first-order valence-electron chi connectivity index (χ1n) is 3.43. The van der Waals surface area contributed by atoms with Crippen LogP contribution in [0, 0.1) is 0 Å². The topological polar surface area (TPSA) is 78.1 Å². The number of nitrogens with two attached hydrogens (primary N) is 3. The van der Waals surface area contributed by atoms with Crippen molar-refractivity contribution in [3.8, 4) is 0 Å². The third kappa shape index (κ3) is 5.76. The summed E-state index contributed by atoms with van der Waals surface area (Å²) >= 11 is 0. The minimum atomic E-state index is -0.244. The lowest BCUT2D eigenvalue weighted by molar-refractivity contribution is 0.501. The number of hydrogen-bond donors (Lipinski definition) is 3. The zero-order chi connectivity index (χ0) is 7.28. The zero-order valence-electron chi connectivity index (χ0n) is 6.01. The van der Waals surface area contributed by atoms with E-state index in [4.69, 9.17) is 17.2 Å². The van der Waals surface area contributed by atoms with E-state index in [2.05, 4.69) is 6.92 Å². The van der Waals surface area contributed by atoms with E-state index in [-0.39, 0.29) is 12.2 Å². The van der Waals surface area contributed by atoms with Crippen molar-refractivity contribution < 1.29 is 0 Å². The second-order valence-corrected chi connectivity index (χ2v) is 2.45. The molecule has 0 heterocycles. The zero-order valence-corrected chi connectivity index (χ0v) is 6.01. The van der Waals surface area contributed by atoms with E-state index in [9.17, 15) is 0 Å². The van der Waals surface area contributed by atoms with Gasteiger partial charge in [0.25, 0.3) is 0 Å². The van der Waals surface area contributed by atoms with Gasteiger partial charge in [0, 0.05) is 6.04 Å². The highest BCUT2D eigenvalue weighted by Crippen LogP contribution is 1.97. The van der Waals surface area contributed by atoms with E-state index in [1.54, 1.807) is 0 Å². The Kier molecular flexibility index (Phi) is 4.67. The van der Waals surface area contributed by atoms with Crippen molar-refractivity contribution in [3.05, 3.63) is 0 Å². The quantitative estimate of drug-likeness (QED) is 0.460. The average Bonchev–Trinajstić information content (AvgIpc) is 1.63. The monoisotopic (exact) mass is 131 g/mol. The van der Waals surface area contributed by atoms with Gasteiger partial charge in [0.15, 0.2) is 0 Å². The summed E-state index contributed by atoms with van der Waals surface area (Å²) in [5.74, 6) is 0. The van der Waals surface area contributed by atoms with Crippen molar-refractivity contribution in [2.75, 3.05) is 0 Å². The average molecular weight is 131 g/mol. The molecule has 0 bridgehead atoms. The molecule has 0 aliphatic rings. The van der Waals surface area contributed by atoms with E-state index in [0.717, 1.165) is 19.3 Å². The van der Waals surface area contributed by atoms with Gasteiger partial charge in [0.2, 0.25) is 0 Å². The summed E-state index contributed by atoms with van der Waals surface area (Å²) in [5, 5.41) is 0. The van der Waals surface area contributed by atoms with Gasteiger partial charge in [-0.1, -0.05) is 13.3 Å². The molecule has 0 radical (unpaired) electrons. The maximum atomic E-state index is 5.63. The Labute approximate surface area is 56.6 Å². The van der Waals surface area contributed by atoms with Crippen LogP contribution >= 0.6 is 0 Å². The lowest BCUT2D eigenvalue weighted by Gasteiger charge is -2.11. The van der Waals surface area contributed by atoms with Gasteiger partial charge in [-0.15, -0.1) is 0 Å². The van der Waals surface area contributed by atoms with Gasteiger partial charge in [-0.2, -0.15) is 0 Å². The van der Waals surface area contributed by atoms with Gasteiger partial charge in [0.1, 0.15) is 0 Å². The van der Waals surface area contributed by atoms with Crippen LogP contribution in [-0.2, 0) is 0 Å². The van der Waals surface area contributed by atoms with Crippen LogP contribution in [-0.4, -0.2) is 12.2 Å². The maximum absolute atomic E-state index is 5.63. The van der Waals surface area contributed by atoms with Crippen molar-refractivity contribution in [3.63, 3.8) is 0 Å². The molecule has 0 aromatic rings. The van der Waals surface area contributed by atoms with E-state index < -0.39 is 0 Å². The maximum Gasteiger partial charge on any atom is 0.0535 e. The molecule has 0 aromatic carbocycles. The van der Waals surface area contributed by atoms with Crippen molar-refractivity contribution in [2.45, 2.75) is 38.4 Å². The Balaban J connectivity index is 3.15. The molecule has 0 aliphatic carbocycles. The van der Waals surface area contributed by atoms with Crippen LogP contribution in [0.2, 0.25) is 0 Å². The van der Waals surface area contributed by atoms with Gasteiger partial charge >= 0.3 is 0 Å². The second-order valence-electron chi connectivity index (χ2n) is 2.45. The van der Waals surface area contributed by atoms with E-state index in [0.29, 0.717) is 0 Å². The van der Waals surface area contributed by atoms with Crippen LogP contribution in [0.5, 0.6) is 0 Å². The molecule has 0 aliphatic heterocycles. The molecule has 0 aromatic heterocycles. The summed E-state index contributed by atoms with van der Waals surface area (Å²) in [6.45, 7) is 2.10. The Morgan fingerprint density at radius 3 is 2.11 bits per heavy atom. The molecular weight excluding hydrogens is 114 g/mol. The SMILES string of the molecule is CCCC(N)CC(N)N. The number of hydrogen-bond acceptors (Lipinski definition) is 3. The highest BCUT2D eigenvalue weighted by atomic mass is 14.9. The Bertz CT molecular complexity index is 63.3. The Hall–Kier alpha value is -0.120. The molecular formula is C6H17N3. The fourth-order valence-electron chi connectivity index (χ4n) is 0.838. The molecule has 1 unspecified atom stereocenters. The molecule has 1 atom stereocenters. The summed E-state index contributed by atoms with van der Waals surface area (Å²) in [6.07, 6.45) is 2.61. The van der Waals surface area contributed by atoms with Crippen LogP contribution in [0.3, 0.4) is 0 Å². The summed E-state index contributed by atoms with van der Waals surface area (Å²) in [6, 6.07) is 0.190. The van der Waals surface area contributed by atoms with Crippen LogP contribution < -0.4 is 17.2 Å². The Morgan fingerprint density at radius 2 is 1.78 bits per heavy atom. The van der Waals surface area contributed by atoms with Crippen molar-refractivity contribution in [1.29, 1.82) is 0 Å². The summed E-state index contributed by atoms with van der Waals surface area (Å²) in [5.41, 5.74) is 16.3. The van der Waals surface area contributed by atoms with Gasteiger partial charge in [-0.3, -0.25) is 0 Å². The molecule has 3 nitrogen and oxygen atoms in total. The first kappa shape index (κ1) is 8.88. The molecule has 0 saturated heterocycles. The standard InChI is InChI=1S/C6H17N3/c1-2-3-5(7)4-6(8)9/h5-6H,2-4,7-9H2,1H3. The first-order chi connectivity index (χ1) is 4.16. The van der Waals surface area contributed by atoms with Gasteiger partial charge in [0.05, 0.1) is 6.17 Å². The minimum Gasteiger partial charge on any atom is -0.328 e. The highest BCUT2D eigenvalue weighted by Gasteiger charge is 2.02. The first-order valence-corrected chi connectivity index (χ1v) is 3.43. The van der Waals surface area contributed by atoms with Gasteiger partial charge in [-0.25, -0.2) is 0 Å². The lowest BCUT2D eigenvalue weighted by Crippen LogP contribution is -2.37. The third-order valence-corrected chi connectivity index (χ3v) is 1.23. The molecule has 6 N–H and O–H groups in total. The largest absolute Gasteiger partial charge is 0.328 e. The molecule has 0 fully saturated rings. The van der Waals surface area contributed by atoms with E-state index in [1.807, 2.05) is 0 Å².